The molecule has 1 aromatic carbocycles. The van der Waals surface area contributed by atoms with Crippen LogP contribution in [0.25, 0.3) is 10.2 Å². The smallest absolute Gasteiger partial charge is 0.328 e. The lowest BCUT2D eigenvalue weighted by Gasteiger charge is -2.16. The van der Waals surface area contributed by atoms with Gasteiger partial charge >= 0.3 is 5.97 Å². The fraction of sp³-hybridized carbons (Fsp3) is 0.333. The maximum absolute atomic E-state index is 13.0. The van der Waals surface area contributed by atoms with Crippen molar-refractivity contribution in [3.05, 3.63) is 62.5 Å². The molecule has 1 amide bonds. The van der Waals surface area contributed by atoms with Crippen LogP contribution in [0.4, 0.5) is 0 Å². The zero-order valence-corrected chi connectivity index (χ0v) is 17.0. The highest BCUT2D eigenvalue weighted by Gasteiger charge is 2.27. The van der Waals surface area contributed by atoms with Crippen molar-refractivity contribution in [3.63, 3.8) is 0 Å². The first-order valence-corrected chi connectivity index (χ1v) is 10.3. The number of carbonyl (C=O) groups excluding carboxylic acids is 2. The van der Waals surface area contributed by atoms with E-state index < -0.39 is 17.9 Å². The predicted octanol–water partition coefficient (Wildman–Crippen LogP) is 2.23. The third kappa shape index (κ3) is 3.55. The van der Waals surface area contributed by atoms with E-state index in [1.165, 1.54) is 18.4 Å². The number of fused-ring (bicyclic) bond motifs is 2. The summed E-state index contributed by atoms with van der Waals surface area (Å²) >= 11 is 1.19. The monoisotopic (exact) mass is 411 g/mol. The summed E-state index contributed by atoms with van der Waals surface area (Å²) in [7, 11) is 1.30. The van der Waals surface area contributed by atoms with Crippen LogP contribution >= 0.6 is 11.3 Å². The Hall–Kier alpha value is -3.00. The quantitative estimate of drug-likeness (QED) is 0.650. The molecule has 2 aromatic heterocycles. The normalized spacial score (nSPS) is 13.9. The van der Waals surface area contributed by atoms with Crippen LogP contribution in [-0.4, -0.2) is 34.6 Å². The van der Waals surface area contributed by atoms with Crippen LogP contribution in [0, 0.1) is 6.92 Å². The Morgan fingerprint density at radius 1 is 1.31 bits per heavy atom. The fourth-order valence-electron chi connectivity index (χ4n) is 3.70. The van der Waals surface area contributed by atoms with Gasteiger partial charge < -0.3 is 10.1 Å². The molecule has 0 spiro atoms. The van der Waals surface area contributed by atoms with E-state index in [1.54, 1.807) is 11.5 Å². The summed E-state index contributed by atoms with van der Waals surface area (Å²) in [5.74, 6) is -0.147. The number of amides is 1. The molecule has 0 bridgehead atoms. The minimum absolute atomic E-state index is 0.0934. The first-order valence-electron chi connectivity index (χ1n) is 9.45. The number of benzene rings is 1. The summed E-state index contributed by atoms with van der Waals surface area (Å²) < 4.78 is 6.56. The number of carbonyl (C=O) groups is 2. The molecule has 3 heterocycles. The second-order valence-corrected chi connectivity index (χ2v) is 8.06. The first-order chi connectivity index (χ1) is 14.0. The van der Waals surface area contributed by atoms with E-state index in [-0.39, 0.29) is 5.56 Å². The number of aromatic nitrogens is 2. The molecule has 0 unspecified atom stereocenters. The van der Waals surface area contributed by atoms with Gasteiger partial charge in [0.25, 0.3) is 11.5 Å². The number of hydrogen-bond acceptors (Lipinski definition) is 6. The number of thiophene rings is 1. The van der Waals surface area contributed by atoms with Crippen LogP contribution in [0.1, 0.15) is 33.0 Å². The molecule has 150 valence electrons. The average molecular weight is 411 g/mol. The van der Waals surface area contributed by atoms with E-state index in [0.29, 0.717) is 33.6 Å². The van der Waals surface area contributed by atoms with Crippen molar-refractivity contribution in [3.8, 4) is 0 Å². The number of methoxy groups -OCH3 is 1. The molecule has 3 aromatic rings. The van der Waals surface area contributed by atoms with Gasteiger partial charge in [-0.3, -0.25) is 14.2 Å². The van der Waals surface area contributed by atoms with Gasteiger partial charge in [0, 0.05) is 19.4 Å². The predicted molar refractivity (Wildman–Crippen MR) is 110 cm³/mol. The van der Waals surface area contributed by atoms with Gasteiger partial charge in [0.2, 0.25) is 0 Å². The van der Waals surface area contributed by atoms with E-state index in [1.807, 2.05) is 30.3 Å². The molecule has 0 saturated carbocycles. The SMILES string of the molecule is COC(=O)[C@H](Cc1ccccc1)NC(=O)c1sc2nc3n(c(=O)c2c1C)CCC3. The largest absolute Gasteiger partial charge is 0.467 e. The van der Waals surface area contributed by atoms with Crippen LogP contribution in [-0.2, 0) is 28.9 Å². The highest BCUT2D eigenvalue weighted by Crippen LogP contribution is 2.28. The maximum atomic E-state index is 13.0. The molecular weight excluding hydrogens is 390 g/mol. The molecule has 1 N–H and O–H groups in total. The Labute approximate surface area is 171 Å². The second kappa shape index (κ2) is 7.79. The van der Waals surface area contributed by atoms with Gasteiger partial charge in [-0.25, -0.2) is 9.78 Å². The molecule has 0 aliphatic carbocycles. The highest BCUT2D eigenvalue weighted by atomic mass is 32.1. The summed E-state index contributed by atoms with van der Waals surface area (Å²) in [5, 5.41) is 3.26. The Morgan fingerprint density at radius 2 is 2.07 bits per heavy atom. The van der Waals surface area contributed by atoms with Gasteiger partial charge in [-0.2, -0.15) is 0 Å². The highest BCUT2D eigenvalue weighted by molar-refractivity contribution is 7.20. The minimum atomic E-state index is -0.821. The summed E-state index contributed by atoms with van der Waals surface area (Å²) in [6.07, 6.45) is 2.00. The molecule has 0 saturated heterocycles. The lowest BCUT2D eigenvalue weighted by Crippen LogP contribution is -2.43. The number of rotatable bonds is 5. The maximum Gasteiger partial charge on any atom is 0.328 e. The van der Waals surface area contributed by atoms with Crippen molar-refractivity contribution in [2.75, 3.05) is 7.11 Å². The summed E-state index contributed by atoms with van der Waals surface area (Å²) in [4.78, 5) is 43.6. The third-order valence-electron chi connectivity index (χ3n) is 5.19. The standard InChI is InChI=1S/C21H21N3O4S/c1-12-16-19(23-15-9-6-10-24(15)20(16)26)29-17(12)18(25)22-14(21(27)28-2)11-13-7-4-3-5-8-13/h3-5,7-8,14H,6,9-11H2,1-2H3,(H,22,25)/t14-/m0/s1. The van der Waals surface area contributed by atoms with Gasteiger partial charge in [0.05, 0.1) is 17.4 Å². The van der Waals surface area contributed by atoms with E-state index in [0.717, 1.165) is 24.2 Å². The molecular formula is C21H21N3O4S. The van der Waals surface area contributed by atoms with Crippen molar-refractivity contribution in [1.29, 1.82) is 0 Å². The Morgan fingerprint density at radius 3 is 2.79 bits per heavy atom. The summed E-state index contributed by atoms with van der Waals surface area (Å²) in [5.41, 5.74) is 1.42. The lowest BCUT2D eigenvalue weighted by atomic mass is 10.1. The summed E-state index contributed by atoms with van der Waals surface area (Å²) in [6.45, 7) is 2.42. The number of nitrogens with one attached hydrogen (secondary N) is 1. The molecule has 1 aliphatic heterocycles. The van der Waals surface area contributed by atoms with E-state index in [4.69, 9.17) is 4.74 Å². The Kier molecular flexibility index (Phi) is 5.19. The number of hydrogen-bond donors (Lipinski definition) is 1. The topological polar surface area (TPSA) is 90.3 Å². The van der Waals surface area contributed by atoms with Crippen LogP contribution < -0.4 is 10.9 Å². The average Bonchev–Trinajstić information content (AvgIpc) is 3.32. The van der Waals surface area contributed by atoms with E-state index >= 15 is 0 Å². The van der Waals surface area contributed by atoms with Crippen LogP contribution in [0.3, 0.4) is 0 Å². The van der Waals surface area contributed by atoms with E-state index in [2.05, 4.69) is 10.3 Å². The van der Waals surface area contributed by atoms with Gasteiger partial charge in [0.15, 0.2) is 0 Å². The van der Waals surface area contributed by atoms with Crippen molar-refractivity contribution >= 4 is 33.4 Å². The molecule has 4 rings (SSSR count). The van der Waals surface area contributed by atoms with Gasteiger partial charge in [0.1, 0.15) is 16.7 Å². The number of aryl methyl sites for hydroxylation is 2. The molecule has 8 heteroatoms. The zero-order chi connectivity index (χ0) is 20.5. The fourth-order valence-corrected chi connectivity index (χ4v) is 4.79. The molecule has 1 aliphatic rings. The lowest BCUT2D eigenvalue weighted by molar-refractivity contribution is -0.142. The number of nitrogens with zero attached hydrogens (tertiary/aromatic N) is 2. The molecule has 7 nitrogen and oxygen atoms in total. The summed E-state index contributed by atoms with van der Waals surface area (Å²) in [6, 6.07) is 8.59. The zero-order valence-electron chi connectivity index (χ0n) is 16.2. The van der Waals surface area contributed by atoms with Crippen LogP contribution in [0.5, 0.6) is 0 Å². The molecule has 0 radical (unpaired) electrons. The van der Waals surface area contributed by atoms with Crippen molar-refractivity contribution in [2.24, 2.45) is 0 Å². The van der Waals surface area contributed by atoms with Crippen molar-refractivity contribution in [2.45, 2.75) is 38.8 Å². The molecule has 29 heavy (non-hydrogen) atoms. The first kappa shape index (κ1) is 19.3. The van der Waals surface area contributed by atoms with Gasteiger partial charge in [-0.05, 0) is 24.5 Å². The van der Waals surface area contributed by atoms with Crippen LogP contribution in [0.2, 0.25) is 0 Å². The van der Waals surface area contributed by atoms with Gasteiger partial charge in [-0.15, -0.1) is 11.3 Å². The number of ether oxygens (including phenoxy) is 1. The second-order valence-electron chi connectivity index (χ2n) is 7.06. The Balaban J connectivity index is 1.65. The number of esters is 1. The molecule has 0 fully saturated rings. The third-order valence-corrected chi connectivity index (χ3v) is 6.38. The van der Waals surface area contributed by atoms with E-state index in [9.17, 15) is 14.4 Å². The molecule has 1 atom stereocenters. The van der Waals surface area contributed by atoms with Crippen molar-refractivity contribution in [1.82, 2.24) is 14.9 Å². The Bertz CT molecular complexity index is 1150. The van der Waals surface area contributed by atoms with Crippen LogP contribution in [0.15, 0.2) is 35.1 Å². The van der Waals surface area contributed by atoms with Crippen molar-refractivity contribution < 1.29 is 14.3 Å². The minimum Gasteiger partial charge on any atom is -0.467 e. The van der Waals surface area contributed by atoms with Gasteiger partial charge in [-0.1, -0.05) is 30.3 Å².